The molecule has 206 valence electrons. The number of hydrogen-bond donors (Lipinski definition) is 1. The average molecular weight is 540 g/mol. The molecule has 1 fully saturated rings. The van der Waals surface area contributed by atoms with Crippen LogP contribution in [0.5, 0.6) is 0 Å². The topological polar surface area (TPSA) is 65.1 Å². The zero-order valence-corrected chi connectivity index (χ0v) is 25.6. The van der Waals surface area contributed by atoms with Crippen molar-refractivity contribution in [2.24, 2.45) is 5.92 Å². The summed E-state index contributed by atoms with van der Waals surface area (Å²) in [4.78, 5) is 12.7. The zero-order valence-electron chi connectivity index (χ0n) is 23.7. The molecule has 0 aromatic heterocycles. The second-order valence-electron chi connectivity index (χ2n) is 11.9. The predicted octanol–water partition coefficient (Wildman–Crippen LogP) is 5.57. The van der Waals surface area contributed by atoms with Crippen LogP contribution < -0.4 is 0 Å². The van der Waals surface area contributed by atoms with Gasteiger partial charge in [0.2, 0.25) is 0 Å². The van der Waals surface area contributed by atoms with Crippen LogP contribution in [0.1, 0.15) is 57.1 Å². The Morgan fingerprint density at radius 1 is 1.22 bits per heavy atom. The van der Waals surface area contributed by atoms with Gasteiger partial charge in [0.1, 0.15) is 18.8 Å². The molecule has 1 aliphatic heterocycles. The molecule has 1 saturated heterocycles. The monoisotopic (exact) mass is 539 g/mol. The molecular weight excluding hydrogens is 490 g/mol. The van der Waals surface area contributed by atoms with Gasteiger partial charge in [0.05, 0.1) is 12.5 Å². The highest BCUT2D eigenvalue weighted by atomic mass is 32.3. The summed E-state index contributed by atoms with van der Waals surface area (Å²) in [7, 11) is -2.07. The lowest BCUT2D eigenvalue weighted by Crippen LogP contribution is -2.56. The Labute approximate surface area is 221 Å². The minimum atomic E-state index is -2.78. The molecule has 1 aromatic carbocycles. The van der Waals surface area contributed by atoms with Crippen LogP contribution in [0.2, 0.25) is 25.7 Å². The number of carbonyl (C=O) groups is 1. The van der Waals surface area contributed by atoms with E-state index in [9.17, 15) is 9.00 Å². The van der Waals surface area contributed by atoms with E-state index in [0.717, 1.165) is 23.6 Å². The molecule has 6 nitrogen and oxygen atoms in total. The summed E-state index contributed by atoms with van der Waals surface area (Å²) >= 11 is 0. The number of thiol groups is 1. The Kier molecular flexibility index (Phi) is 11.6. The number of likely N-dealkylation sites (N-methyl/N-ethyl adjacent to an activating group) is 1. The number of ether oxygens (including phenoxy) is 3. The molecule has 0 radical (unpaired) electrons. The van der Waals surface area contributed by atoms with Gasteiger partial charge in [-0.2, -0.15) is 0 Å². The van der Waals surface area contributed by atoms with E-state index < -0.39 is 18.2 Å². The minimum Gasteiger partial charge on any atom is -0.461 e. The maximum atomic E-state index is 14.0. The lowest BCUT2D eigenvalue weighted by Gasteiger charge is -2.48. The predicted molar refractivity (Wildman–Crippen MR) is 154 cm³/mol. The van der Waals surface area contributed by atoms with Crippen molar-refractivity contribution in [2.75, 3.05) is 32.8 Å². The number of rotatable bonds is 15. The van der Waals surface area contributed by atoms with E-state index in [2.05, 4.69) is 52.2 Å². The summed E-state index contributed by atoms with van der Waals surface area (Å²) in [5.41, 5.74) is 2.08. The molecule has 0 saturated carbocycles. The van der Waals surface area contributed by atoms with Crippen LogP contribution in [0, 0.1) is 5.92 Å². The average Bonchev–Trinajstić information content (AvgIpc) is 2.77. The molecule has 2 rings (SSSR count). The third-order valence-electron chi connectivity index (χ3n) is 6.87. The lowest BCUT2D eigenvalue weighted by molar-refractivity contribution is -0.144. The van der Waals surface area contributed by atoms with Crippen molar-refractivity contribution in [1.29, 1.82) is 0 Å². The Bertz CT molecular complexity index is 896. The van der Waals surface area contributed by atoms with Crippen LogP contribution >= 0.6 is 0 Å². The smallest absolute Gasteiger partial charge is 0.313 e. The third kappa shape index (κ3) is 8.35. The standard InChI is InChI=1S/C28H49NO5SSi/c1-10-15-33-28(30)25(18-21(2)3)23-11-13-24(14-12-23)26-19-34-27(26)29(6)35(31,22(4)5)20-32-16-17-36(7,8)9/h10-14,21-22,25-27,35H,1,15-20H2,2-9H3. The van der Waals surface area contributed by atoms with Gasteiger partial charge in [-0.1, -0.05) is 84.3 Å². The van der Waals surface area contributed by atoms with Crippen LogP contribution in [-0.4, -0.2) is 66.8 Å². The summed E-state index contributed by atoms with van der Waals surface area (Å²) in [6.07, 6.45) is 2.06. The van der Waals surface area contributed by atoms with Gasteiger partial charge in [-0.3, -0.25) is 9.00 Å². The second kappa shape index (κ2) is 13.5. The fourth-order valence-electron chi connectivity index (χ4n) is 4.34. The molecule has 3 atom stereocenters. The molecule has 0 bridgehead atoms. The summed E-state index contributed by atoms with van der Waals surface area (Å²) in [6.45, 7) is 20.3. The molecule has 36 heavy (non-hydrogen) atoms. The van der Waals surface area contributed by atoms with Crippen LogP contribution in [-0.2, 0) is 29.1 Å². The summed E-state index contributed by atoms with van der Waals surface area (Å²) in [5, 5.41) is -0.0278. The van der Waals surface area contributed by atoms with Gasteiger partial charge in [0.25, 0.3) is 0 Å². The molecule has 1 aromatic rings. The van der Waals surface area contributed by atoms with Crippen molar-refractivity contribution >= 4 is 24.2 Å². The molecule has 0 aliphatic carbocycles. The Balaban J connectivity index is 2.12. The highest BCUT2D eigenvalue weighted by Gasteiger charge is 2.42. The molecule has 1 aliphatic rings. The van der Waals surface area contributed by atoms with E-state index in [4.69, 9.17) is 14.2 Å². The van der Waals surface area contributed by atoms with Crippen molar-refractivity contribution in [3.63, 3.8) is 0 Å². The molecule has 3 unspecified atom stereocenters. The first-order chi connectivity index (χ1) is 16.8. The molecule has 0 spiro atoms. The van der Waals surface area contributed by atoms with Crippen molar-refractivity contribution in [1.82, 2.24) is 4.31 Å². The van der Waals surface area contributed by atoms with E-state index in [1.165, 1.54) is 0 Å². The summed E-state index contributed by atoms with van der Waals surface area (Å²) < 4.78 is 33.2. The first kappa shape index (κ1) is 30.9. The van der Waals surface area contributed by atoms with E-state index in [0.29, 0.717) is 19.1 Å². The van der Waals surface area contributed by atoms with Gasteiger partial charge < -0.3 is 14.2 Å². The molecule has 8 heteroatoms. The number of benzene rings is 1. The van der Waals surface area contributed by atoms with Gasteiger partial charge >= 0.3 is 5.97 Å². The summed E-state index contributed by atoms with van der Waals surface area (Å²) in [6, 6.07) is 9.25. The van der Waals surface area contributed by atoms with Crippen molar-refractivity contribution in [2.45, 2.75) is 83.1 Å². The van der Waals surface area contributed by atoms with E-state index in [1.54, 1.807) is 6.08 Å². The first-order valence-electron chi connectivity index (χ1n) is 13.2. The van der Waals surface area contributed by atoms with Gasteiger partial charge in [-0.15, -0.1) is 0 Å². The molecular formula is C28H49NO5SSi. The number of nitrogens with zero attached hydrogens (tertiary/aromatic N) is 1. The summed E-state index contributed by atoms with van der Waals surface area (Å²) in [5.74, 6) is 0.218. The molecule has 0 N–H and O–H groups in total. The van der Waals surface area contributed by atoms with Crippen molar-refractivity contribution < 1.29 is 23.2 Å². The third-order valence-corrected chi connectivity index (χ3v) is 12.0. The minimum absolute atomic E-state index is 0.0278. The van der Waals surface area contributed by atoms with Gasteiger partial charge in [-0.05, 0) is 39.6 Å². The largest absolute Gasteiger partial charge is 0.461 e. The van der Waals surface area contributed by atoms with E-state index in [-0.39, 0.29) is 41.8 Å². The van der Waals surface area contributed by atoms with Crippen molar-refractivity contribution in [3.05, 3.63) is 48.0 Å². The number of carbonyl (C=O) groups excluding carboxylic acids is 1. The first-order valence-corrected chi connectivity index (χ1v) is 18.8. The van der Waals surface area contributed by atoms with Crippen LogP contribution in [0.4, 0.5) is 0 Å². The zero-order chi connectivity index (χ0) is 27.1. The van der Waals surface area contributed by atoms with Crippen molar-refractivity contribution in [3.8, 4) is 0 Å². The Morgan fingerprint density at radius 2 is 1.86 bits per heavy atom. The lowest BCUT2D eigenvalue weighted by atomic mass is 9.87. The van der Waals surface area contributed by atoms with Gasteiger partial charge in [0, 0.05) is 32.9 Å². The fourth-order valence-corrected chi connectivity index (χ4v) is 7.30. The highest BCUT2D eigenvalue weighted by molar-refractivity contribution is 8.01. The quantitative estimate of drug-likeness (QED) is 0.104. The number of hydrogen-bond acceptors (Lipinski definition) is 5. The molecule has 1 heterocycles. The number of esters is 1. The second-order valence-corrected chi connectivity index (χ2v) is 20.9. The Hall–Kier alpha value is -1.32. The Morgan fingerprint density at radius 3 is 2.33 bits per heavy atom. The normalized spacial score (nSPS) is 19.9. The molecule has 0 amide bonds. The maximum Gasteiger partial charge on any atom is 0.313 e. The SMILES string of the molecule is C=CCOC(=O)C(CC(C)C)c1ccc(C2COC2N(C)[SH](=O)(COCC[Si](C)(C)C)C(C)C)cc1. The van der Waals surface area contributed by atoms with Gasteiger partial charge in [0.15, 0.2) is 0 Å². The highest BCUT2D eigenvalue weighted by Crippen LogP contribution is 2.37. The fraction of sp³-hybridized carbons (Fsp3) is 0.679. The van der Waals surface area contributed by atoms with Gasteiger partial charge in [-0.25, -0.2) is 4.31 Å². The maximum absolute atomic E-state index is 14.0. The van der Waals surface area contributed by atoms with Crippen LogP contribution in [0.15, 0.2) is 36.9 Å². The van der Waals surface area contributed by atoms with E-state index in [1.807, 2.05) is 37.3 Å². The van der Waals surface area contributed by atoms with Crippen LogP contribution in [0.25, 0.3) is 0 Å². The van der Waals surface area contributed by atoms with Crippen LogP contribution in [0.3, 0.4) is 0 Å². The van der Waals surface area contributed by atoms with E-state index >= 15 is 0 Å².